The maximum absolute atomic E-state index is 12.1. The molecule has 0 atom stereocenters. The summed E-state index contributed by atoms with van der Waals surface area (Å²) in [6, 6.07) is 5.78. The van der Waals surface area contributed by atoms with E-state index in [1.54, 1.807) is 12.5 Å². The van der Waals surface area contributed by atoms with E-state index in [-0.39, 0.29) is 5.91 Å². The predicted molar refractivity (Wildman–Crippen MR) is 75.4 cm³/mol. The predicted octanol–water partition coefficient (Wildman–Crippen LogP) is 1.73. The van der Waals surface area contributed by atoms with Crippen LogP contribution in [0.4, 0.5) is 5.69 Å². The van der Waals surface area contributed by atoms with Crippen LogP contribution in [-0.4, -0.2) is 29.5 Å². The lowest BCUT2D eigenvalue weighted by Gasteiger charge is -2.10. The first kappa shape index (κ1) is 13.1. The molecule has 100 valence electrons. The van der Waals surface area contributed by atoms with Crippen LogP contribution in [0.2, 0.25) is 0 Å². The molecule has 3 N–H and O–H groups in total. The molecule has 1 aromatic heterocycles. The molecule has 5 nitrogen and oxygen atoms in total. The minimum atomic E-state index is -0.0624. The summed E-state index contributed by atoms with van der Waals surface area (Å²) in [7, 11) is 1.81. The van der Waals surface area contributed by atoms with E-state index in [0.29, 0.717) is 12.1 Å². The number of carbonyl (C=O) groups excluding carboxylic acids is 1. The highest BCUT2D eigenvalue weighted by Gasteiger charge is 2.10. The van der Waals surface area contributed by atoms with Gasteiger partial charge in [-0.3, -0.25) is 4.79 Å². The molecule has 2 rings (SSSR count). The van der Waals surface area contributed by atoms with Gasteiger partial charge in [0.1, 0.15) is 0 Å². The Balaban J connectivity index is 1.97. The van der Waals surface area contributed by atoms with E-state index in [2.05, 4.69) is 20.6 Å². The molecular formula is C14H18N4O. The molecule has 19 heavy (non-hydrogen) atoms. The highest BCUT2D eigenvalue weighted by molar-refractivity contribution is 5.99. The smallest absolute Gasteiger partial charge is 0.253 e. The van der Waals surface area contributed by atoms with Crippen LogP contribution in [0.15, 0.2) is 30.7 Å². The van der Waals surface area contributed by atoms with Crippen LogP contribution in [0.25, 0.3) is 0 Å². The molecule has 0 saturated heterocycles. The second-order valence-corrected chi connectivity index (χ2v) is 4.38. The van der Waals surface area contributed by atoms with Gasteiger partial charge < -0.3 is 15.6 Å². The molecule has 0 aliphatic heterocycles. The summed E-state index contributed by atoms with van der Waals surface area (Å²) in [6.45, 7) is 2.55. The number of anilines is 1. The molecule has 0 saturated carbocycles. The number of H-pyrrole nitrogens is 1. The number of nitrogens with zero attached hydrogens (tertiary/aromatic N) is 1. The van der Waals surface area contributed by atoms with Gasteiger partial charge >= 0.3 is 0 Å². The highest BCUT2D eigenvalue weighted by atomic mass is 16.1. The topological polar surface area (TPSA) is 69.8 Å². The fourth-order valence-electron chi connectivity index (χ4n) is 1.89. The fraction of sp³-hybridized carbons (Fsp3) is 0.286. The Kier molecular flexibility index (Phi) is 4.18. The molecule has 0 bridgehead atoms. The van der Waals surface area contributed by atoms with Crippen molar-refractivity contribution in [2.75, 3.05) is 18.9 Å². The van der Waals surface area contributed by atoms with Crippen molar-refractivity contribution in [2.45, 2.75) is 13.3 Å². The van der Waals surface area contributed by atoms with E-state index < -0.39 is 0 Å². The second-order valence-electron chi connectivity index (χ2n) is 4.38. The zero-order chi connectivity index (χ0) is 13.7. The van der Waals surface area contributed by atoms with Crippen LogP contribution < -0.4 is 10.6 Å². The van der Waals surface area contributed by atoms with E-state index >= 15 is 0 Å². The lowest BCUT2D eigenvalue weighted by molar-refractivity contribution is 0.0955. The number of hydrogen-bond donors (Lipinski definition) is 3. The average molecular weight is 258 g/mol. The Morgan fingerprint density at radius 2 is 2.26 bits per heavy atom. The minimum Gasteiger partial charge on any atom is -0.387 e. The molecule has 0 spiro atoms. The first-order valence-corrected chi connectivity index (χ1v) is 6.24. The van der Waals surface area contributed by atoms with Crippen LogP contribution in [0.3, 0.4) is 0 Å². The summed E-state index contributed by atoms with van der Waals surface area (Å²) in [4.78, 5) is 19.1. The van der Waals surface area contributed by atoms with Gasteiger partial charge in [0.15, 0.2) is 0 Å². The van der Waals surface area contributed by atoms with Crippen molar-refractivity contribution in [1.29, 1.82) is 0 Å². The summed E-state index contributed by atoms with van der Waals surface area (Å²) >= 11 is 0. The van der Waals surface area contributed by atoms with Crippen molar-refractivity contribution in [3.63, 3.8) is 0 Å². The van der Waals surface area contributed by atoms with Crippen LogP contribution >= 0.6 is 0 Å². The Morgan fingerprint density at radius 1 is 1.42 bits per heavy atom. The van der Waals surface area contributed by atoms with Crippen molar-refractivity contribution in [3.8, 4) is 0 Å². The number of aromatic amines is 1. The summed E-state index contributed by atoms with van der Waals surface area (Å²) < 4.78 is 0. The van der Waals surface area contributed by atoms with Crippen molar-refractivity contribution < 1.29 is 4.79 Å². The molecule has 1 aromatic carbocycles. The fourth-order valence-corrected chi connectivity index (χ4v) is 1.89. The third kappa shape index (κ3) is 3.34. The third-order valence-corrected chi connectivity index (χ3v) is 2.92. The lowest BCUT2D eigenvalue weighted by Crippen LogP contribution is -2.26. The first-order valence-electron chi connectivity index (χ1n) is 6.24. The molecule has 0 aliphatic carbocycles. The van der Waals surface area contributed by atoms with E-state index in [1.165, 1.54) is 0 Å². The van der Waals surface area contributed by atoms with Crippen LogP contribution in [0.1, 0.15) is 21.6 Å². The molecule has 5 heteroatoms. The van der Waals surface area contributed by atoms with Gasteiger partial charge in [-0.25, -0.2) is 4.98 Å². The Morgan fingerprint density at radius 3 is 2.95 bits per heavy atom. The summed E-state index contributed by atoms with van der Waals surface area (Å²) in [5, 5.41) is 5.94. The van der Waals surface area contributed by atoms with Crippen molar-refractivity contribution in [1.82, 2.24) is 15.3 Å². The zero-order valence-electron chi connectivity index (χ0n) is 11.2. The number of rotatable bonds is 5. The van der Waals surface area contributed by atoms with Gasteiger partial charge in [-0.1, -0.05) is 11.6 Å². The standard InChI is InChI=1S/C14H18N4O/c1-10-3-4-13(15-2)12(7-10)14(19)17-6-5-11-8-16-9-18-11/h3-4,7-9,15H,5-6H2,1-2H3,(H,16,18)(H,17,19). The Bertz CT molecular complexity index is 549. The van der Waals surface area contributed by atoms with Gasteiger partial charge in [-0.05, 0) is 19.1 Å². The molecule has 2 aromatic rings. The van der Waals surface area contributed by atoms with Crippen molar-refractivity contribution >= 4 is 11.6 Å². The summed E-state index contributed by atoms with van der Waals surface area (Å²) in [5.74, 6) is -0.0624. The number of aryl methyl sites for hydroxylation is 1. The average Bonchev–Trinajstić information content (AvgIpc) is 2.91. The lowest BCUT2D eigenvalue weighted by atomic mass is 10.1. The number of hydrogen-bond acceptors (Lipinski definition) is 3. The monoisotopic (exact) mass is 258 g/mol. The van der Waals surface area contributed by atoms with Gasteiger partial charge in [-0.15, -0.1) is 0 Å². The molecule has 1 amide bonds. The third-order valence-electron chi connectivity index (χ3n) is 2.92. The normalized spacial score (nSPS) is 10.2. The molecule has 0 aliphatic rings. The maximum Gasteiger partial charge on any atom is 0.253 e. The number of imidazole rings is 1. The van der Waals surface area contributed by atoms with Gasteiger partial charge in [-0.2, -0.15) is 0 Å². The van der Waals surface area contributed by atoms with Gasteiger partial charge in [0.05, 0.1) is 11.9 Å². The van der Waals surface area contributed by atoms with Crippen LogP contribution in [0, 0.1) is 6.92 Å². The largest absolute Gasteiger partial charge is 0.387 e. The molecule has 0 radical (unpaired) electrons. The second kappa shape index (κ2) is 6.04. The Labute approximate surface area is 112 Å². The Hall–Kier alpha value is -2.30. The van der Waals surface area contributed by atoms with Crippen LogP contribution in [-0.2, 0) is 6.42 Å². The summed E-state index contributed by atoms with van der Waals surface area (Å²) in [5.41, 5.74) is 3.59. The molecule has 0 fully saturated rings. The van der Waals surface area contributed by atoms with Gasteiger partial charge in [0.25, 0.3) is 5.91 Å². The number of aromatic nitrogens is 2. The SMILES string of the molecule is CNc1ccc(C)cc1C(=O)NCCc1cnc[nH]1. The van der Waals surface area contributed by atoms with Crippen LogP contribution in [0.5, 0.6) is 0 Å². The molecule has 0 unspecified atom stereocenters. The quantitative estimate of drug-likeness (QED) is 0.765. The number of benzene rings is 1. The van der Waals surface area contributed by atoms with E-state index in [4.69, 9.17) is 0 Å². The molecular weight excluding hydrogens is 240 g/mol. The number of nitrogens with one attached hydrogen (secondary N) is 3. The van der Waals surface area contributed by atoms with Gasteiger partial charge in [0, 0.05) is 37.6 Å². The maximum atomic E-state index is 12.1. The van der Waals surface area contributed by atoms with E-state index in [0.717, 1.165) is 23.4 Å². The summed E-state index contributed by atoms with van der Waals surface area (Å²) in [6.07, 6.45) is 4.14. The van der Waals surface area contributed by atoms with Crippen molar-refractivity contribution in [2.24, 2.45) is 0 Å². The highest BCUT2D eigenvalue weighted by Crippen LogP contribution is 2.16. The molecule has 1 heterocycles. The van der Waals surface area contributed by atoms with Crippen molar-refractivity contribution in [3.05, 3.63) is 47.5 Å². The zero-order valence-corrected chi connectivity index (χ0v) is 11.2. The number of carbonyl (C=O) groups is 1. The number of amides is 1. The van der Waals surface area contributed by atoms with Gasteiger partial charge in [0.2, 0.25) is 0 Å². The first-order chi connectivity index (χ1) is 9.20. The van der Waals surface area contributed by atoms with E-state index in [9.17, 15) is 4.79 Å². The van der Waals surface area contributed by atoms with E-state index in [1.807, 2.05) is 32.2 Å². The minimum absolute atomic E-state index is 0.0624.